The van der Waals surface area contributed by atoms with Crippen LogP contribution >= 0.6 is 12.2 Å². The van der Waals surface area contributed by atoms with Crippen LogP contribution in [-0.4, -0.2) is 27.7 Å². The molecule has 2 aromatic rings. The molecule has 0 atom stereocenters. The fourth-order valence-corrected chi connectivity index (χ4v) is 3.54. The lowest BCUT2D eigenvalue weighted by Gasteiger charge is -2.19. The maximum absolute atomic E-state index is 5.75. The Labute approximate surface area is 160 Å². The minimum atomic E-state index is 0.452. The molecular weight excluding hydrogens is 344 g/mol. The lowest BCUT2D eigenvalue weighted by molar-refractivity contribution is 0.306. The van der Waals surface area contributed by atoms with Crippen molar-refractivity contribution in [3.8, 4) is 5.75 Å². The minimum absolute atomic E-state index is 0.452. The second-order valence-corrected chi connectivity index (χ2v) is 7.29. The van der Waals surface area contributed by atoms with Crippen LogP contribution in [0.3, 0.4) is 0 Å². The lowest BCUT2D eigenvalue weighted by atomic mass is 9.89. The number of aromatic nitrogens is 3. The van der Waals surface area contributed by atoms with E-state index in [2.05, 4.69) is 22.2 Å². The predicted molar refractivity (Wildman–Crippen MR) is 108 cm³/mol. The summed E-state index contributed by atoms with van der Waals surface area (Å²) in [6.45, 7) is 2.97. The number of hydrogen-bond acceptors (Lipinski definition) is 4. The maximum atomic E-state index is 5.75. The van der Waals surface area contributed by atoms with Crippen molar-refractivity contribution in [2.75, 3.05) is 6.61 Å². The number of rotatable bonds is 8. The molecule has 0 amide bonds. The SMILES string of the molecule is CCCCCOc1ccc(/C=N\n2c(C3CCCCC3)n[nH]c2=S)cc1. The molecule has 1 saturated carbocycles. The summed E-state index contributed by atoms with van der Waals surface area (Å²) >= 11 is 5.36. The Morgan fingerprint density at radius 2 is 2.00 bits per heavy atom. The minimum Gasteiger partial charge on any atom is -0.494 e. The van der Waals surface area contributed by atoms with Crippen LogP contribution in [0.1, 0.15) is 75.6 Å². The van der Waals surface area contributed by atoms with Gasteiger partial charge in [-0.3, -0.25) is 5.10 Å². The molecule has 1 aliphatic carbocycles. The number of benzene rings is 1. The highest BCUT2D eigenvalue weighted by Gasteiger charge is 2.21. The highest BCUT2D eigenvalue weighted by Crippen LogP contribution is 2.31. The lowest BCUT2D eigenvalue weighted by Crippen LogP contribution is -2.10. The van der Waals surface area contributed by atoms with Crippen LogP contribution in [0.25, 0.3) is 0 Å². The van der Waals surface area contributed by atoms with E-state index in [-0.39, 0.29) is 0 Å². The monoisotopic (exact) mass is 372 g/mol. The first kappa shape index (κ1) is 18.8. The van der Waals surface area contributed by atoms with Crippen molar-refractivity contribution in [2.45, 2.75) is 64.2 Å². The van der Waals surface area contributed by atoms with Gasteiger partial charge in [0.2, 0.25) is 4.77 Å². The molecule has 1 aromatic carbocycles. The molecule has 0 bridgehead atoms. The number of ether oxygens (including phenoxy) is 1. The summed E-state index contributed by atoms with van der Waals surface area (Å²) in [4.78, 5) is 0. The molecule has 1 aliphatic rings. The highest BCUT2D eigenvalue weighted by molar-refractivity contribution is 7.71. The molecule has 0 aliphatic heterocycles. The molecular formula is C20H28N4OS. The van der Waals surface area contributed by atoms with Gasteiger partial charge in [-0.15, -0.1) is 0 Å². The first-order chi connectivity index (χ1) is 12.8. The summed E-state index contributed by atoms with van der Waals surface area (Å²) in [6.07, 6.45) is 11.5. The third kappa shape index (κ3) is 5.04. The van der Waals surface area contributed by atoms with Crippen molar-refractivity contribution >= 4 is 18.4 Å². The van der Waals surface area contributed by atoms with E-state index < -0.39 is 0 Å². The second-order valence-electron chi connectivity index (χ2n) is 6.90. The summed E-state index contributed by atoms with van der Waals surface area (Å²) in [5.74, 6) is 2.32. The molecule has 140 valence electrons. The van der Waals surface area contributed by atoms with Gasteiger partial charge in [0.25, 0.3) is 0 Å². The smallest absolute Gasteiger partial charge is 0.216 e. The van der Waals surface area contributed by atoms with Crippen molar-refractivity contribution in [1.29, 1.82) is 0 Å². The molecule has 0 unspecified atom stereocenters. The number of H-pyrrole nitrogens is 1. The molecule has 26 heavy (non-hydrogen) atoms. The zero-order valence-corrected chi connectivity index (χ0v) is 16.3. The fraction of sp³-hybridized carbons (Fsp3) is 0.550. The normalized spacial score (nSPS) is 15.6. The van der Waals surface area contributed by atoms with E-state index in [1.807, 2.05) is 30.5 Å². The van der Waals surface area contributed by atoms with Crippen molar-refractivity contribution in [3.05, 3.63) is 40.4 Å². The Kier molecular flexibility index (Phi) is 7.00. The average molecular weight is 373 g/mol. The van der Waals surface area contributed by atoms with E-state index >= 15 is 0 Å². The van der Waals surface area contributed by atoms with Crippen LogP contribution in [0.4, 0.5) is 0 Å². The molecule has 6 heteroatoms. The molecule has 1 aromatic heterocycles. The zero-order chi connectivity index (χ0) is 18.2. The Morgan fingerprint density at radius 1 is 1.23 bits per heavy atom. The Bertz CT molecular complexity index is 757. The van der Waals surface area contributed by atoms with Gasteiger partial charge in [0, 0.05) is 5.92 Å². The van der Waals surface area contributed by atoms with Crippen molar-refractivity contribution in [2.24, 2.45) is 5.10 Å². The van der Waals surface area contributed by atoms with Gasteiger partial charge in [0.05, 0.1) is 12.8 Å². The van der Waals surface area contributed by atoms with Crippen molar-refractivity contribution in [3.63, 3.8) is 0 Å². The standard InChI is InChI=1S/C20H28N4OS/c1-2-3-7-14-25-18-12-10-16(11-13-18)15-21-24-19(22-23-20(24)26)17-8-5-4-6-9-17/h10-13,15,17H,2-9,14H2,1H3,(H,23,26)/b21-15-. The third-order valence-corrected chi connectivity index (χ3v) is 5.13. The van der Waals surface area contributed by atoms with Gasteiger partial charge >= 0.3 is 0 Å². The van der Waals surface area contributed by atoms with Gasteiger partial charge in [-0.05, 0) is 61.3 Å². The molecule has 0 saturated heterocycles. The van der Waals surface area contributed by atoms with Gasteiger partial charge in [-0.2, -0.15) is 14.9 Å². The van der Waals surface area contributed by atoms with E-state index in [0.29, 0.717) is 10.7 Å². The second kappa shape index (κ2) is 9.67. The summed E-state index contributed by atoms with van der Waals surface area (Å²) < 4.78 is 8.08. The maximum Gasteiger partial charge on any atom is 0.216 e. The van der Waals surface area contributed by atoms with Crippen molar-refractivity contribution in [1.82, 2.24) is 14.9 Å². The molecule has 1 heterocycles. The van der Waals surface area contributed by atoms with Gasteiger partial charge in [0.15, 0.2) is 5.82 Å². The predicted octanol–water partition coefficient (Wildman–Crippen LogP) is 5.44. The summed E-state index contributed by atoms with van der Waals surface area (Å²) in [5, 5.41) is 11.9. The first-order valence-electron chi connectivity index (χ1n) is 9.72. The molecule has 3 rings (SSSR count). The number of hydrogen-bond donors (Lipinski definition) is 1. The van der Waals surface area contributed by atoms with E-state index in [9.17, 15) is 0 Å². The van der Waals surface area contributed by atoms with Crippen LogP contribution in [0.15, 0.2) is 29.4 Å². The summed E-state index contributed by atoms with van der Waals surface area (Å²) in [6, 6.07) is 8.01. The summed E-state index contributed by atoms with van der Waals surface area (Å²) in [7, 11) is 0. The largest absolute Gasteiger partial charge is 0.494 e. The van der Waals surface area contributed by atoms with Crippen LogP contribution in [0, 0.1) is 4.77 Å². The molecule has 1 N–H and O–H groups in total. The van der Waals surface area contributed by atoms with Crippen LogP contribution < -0.4 is 4.74 Å². The summed E-state index contributed by atoms with van der Waals surface area (Å²) in [5.41, 5.74) is 1.02. The number of nitrogens with zero attached hydrogens (tertiary/aromatic N) is 3. The fourth-order valence-electron chi connectivity index (χ4n) is 3.36. The Morgan fingerprint density at radius 3 is 2.73 bits per heavy atom. The molecule has 1 fully saturated rings. The number of nitrogens with one attached hydrogen (secondary N) is 1. The zero-order valence-electron chi connectivity index (χ0n) is 15.5. The third-order valence-electron chi connectivity index (χ3n) is 4.86. The van der Waals surface area contributed by atoms with Crippen LogP contribution in [0.5, 0.6) is 5.75 Å². The highest BCUT2D eigenvalue weighted by atomic mass is 32.1. The van der Waals surface area contributed by atoms with Gasteiger partial charge < -0.3 is 4.74 Å². The van der Waals surface area contributed by atoms with Crippen LogP contribution in [-0.2, 0) is 0 Å². The average Bonchev–Trinajstić information content (AvgIpc) is 3.06. The Balaban J connectivity index is 1.64. The molecule has 5 nitrogen and oxygen atoms in total. The number of aromatic amines is 1. The van der Waals surface area contributed by atoms with Gasteiger partial charge in [-0.1, -0.05) is 39.0 Å². The van der Waals surface area contributed by atoms with E-state index in [1.54, 1.807) is 4.68 Å². The van der Waals surface area contributed by atoms with Crippen LogP contribution in [0.2, 0.25) is 0 Å². The molecule has 0 spiro atoms. The quantitative estimate of drug-likeness (QED) is 0.381. The number of unbranched alkanes of at least 4 members (excludes halogenated alkanes) is 2. The van der Waals surface area contributed by atoms with Gasteiger partial charge in [-0.25, -0.2) is 0 Å². The van der Waals surface area contributed by atoms with Crippen molar-refractivity contribution < 1.29 is 4.74 Å². The van der Waals surface area contributed by atoms with E-state index in [4.69, 9.17) is 17.0 Å². The van der Waals surface area contributed by atoms with E-state index in [1.165, 1.54) is 44.9 Å². The molecule has 0 radical (unpaired) electrons. The van der Waals surface area contributed by atoms with E-state index in [0.717, 1.165) is 30.2 Å². The topological polar surface area (TPSA) is 55.2 Å². The Hall–Kier alpha value is -1.95. The first-order valence-corrected chi connectivity index (χ1v) is 10.1. The van der Waals surface area contributed by atoms with Gasteiger partial charge in [0.1, 0.15) is 5.75 Å².